The molecule has 27 heavy (non-hydrogen) atoms. The number of rotatable bonds is 6. The largest absolute Gasteiger partial charge is 0.481 e. The molecule has 2 aromatic carbocycles. The van der Waals surface area contributed by atoms with Gasteiger partial charge < -0.3 is 14.8 Å². The number of amides is 1. The van der Waals surface area contributed by atoms with Crippen molar-refractivity contribution in [3.63, 3.8) is 0 Å². The number of hydrogen-bond donors (Lipinski definition) is 1. The van der Waals surface area contributed by atoms with Crippen LogP contribution in [0.1, 0.15) is 30.9 Å². The lowest BCUT2D eigenvalue weighted by Gasteiger charge is -2.38. The van der Waals surface area contributed by atoms with Crippen LogP contribution in [0.25, 0.3) is 0 Å². The fourth-order valence-electron chi connectivity index (χ4n) is 3.47. The average Bonchev–Trinajstić information content (AvgIpc) is 2.70. The molecule has 144 valence electrons. The minimum Gasteiger partial charge on any atom is -0.481 e. The minimum absolute atomic E-state index is 0.0915. The quantitative estimate of drug-likeness (QED) is 0.804. The molecule has 0 unspecified atom stereocenters. The van der Waals surface area contributed by atoms with E-state index in [0.717, 1.165) is 18.4 Å². The number of halogens is 1. The molecule has 0 bridgehead atoms. The first-order valence-electron chi connectivity index (χ1n) is 9.34. The second kappa shape index (κ2) is 8.77. The van der Waals surface area contributed by atoms with Crippen LogP contribution in [0.5, 0.6) is 5.75 Å². The summed E-state index contributed by atoms with van der Waals surface area (Å²) in [4.78, 5) is 12.6. The van der Waals surface area contributed by atoms with E-state index in [9.17, 15) is 4.79 Å². The van der Waals surface area contributed by atoms with E-state index >= 15 is 0 Å². The lowest BCUT2D eigenvalue weighted by atomic mass is 9.74. The van der Waals surface area contributed by atoms with Gasteiger partial charge in [0.1, 0.15) is 5.75 Å². The van der Waals surface area contributed by atoms with Crippen LogP contribution in [0.4, 0.5) is 0 Å². The number of aryl methyl sites for hydroxylation is 1. The van der Waals surface area contributed by atoms with Gasteiger partial charge in [0.05, 0.1) is 0 Å². The molecule has 0 spiro atoms. The van der Waals surface area contributed by atoms with E-state index in [0.29, 0.717) is 30.5 Å². The second-order valence-corrected chi connectivity index (χ2v) is 7.55. The van der Waals surface area contributed by atoms with Crippen molar-refractivity contribution in [1.29, 1.82) is 0 Å². The fraction of sp³-hybridized carbons (Fsp3) is 0.409. The molecule has 0 saturated carbocycles. The Balaban J connectivity index is 1.64. The van der Waals surface area contributed by atoms with Crippen LogP contribution in [0.2, 0.25) is 5.02 Å². The summed E-state index contributed by atoms with van der Waals surface area (Å²) in [5.74, 6) is 0.521. The summed E-state index contributed by atoms with van der Waals surface area (Å²) >= 11 is 6.04. The third-order valence-electron chi connectivity index (χ3n) is 5.25. The molecule has 5 heteroatoms. The van der Waals surface area contributed by atoms with E-state index in [1.54, 1.807) is 19.1 Å². The predicted octanol–water partition coefficient (Wildman–Crippen LogP) is 4.28. The van der Waals surface area contributed by atoms with E-state index in [1.165, 1.54) is 5.56 Å². The minimum atomic E-state index is -0.585. The van der Waals surface area contributed by atoms with E-state index in [1.807, 2.05) is 31.2 Å². The molecular weight excluding hydrogens is 362 g/mol. The molecule has 1 amide bonds. The summed E-state index contributed by atoms with van der Waals surface area (Å²) < 4.78 is 11.3. The Kier molecular flexibility index (Phi) is 6.40. The molecule has 3 rings (SSSR count). The van der Waals surface area contributed by atoms with Gasteiger partial charge in [-0.1, -0.05) is 41.9 Å². The smallest absolute Gasteiger partial charge is 0.260 e. The summed E-state index contributed by atoms with van der Waals surface area (Å²) in [7, 11) is 0. The molecule has 1 atom stereocenters. The van der Waals surface area contributed by atoms with Crippen molar-refractivity contribution >= 4 is 17.5 Å². The van der Waals surface area contributed by atoms with Gasteiger partial charge in [-0.05, 0) is 56.0 Å². The molecule has 0 aromatic heterocycles. The van der Waals surface area contributed by atoms with Gasteiger partial charge in [0.15, 0.2) is 6.10 Å². The average molecular weight is 388 g/mol. The lowest BCUT2D eigenvalue weighted by Crippen LogP contribution is -2.47. The van der Waals surface area contributed by atoms with Gasteiger partial charge in [-0.25, -0.2) is 0 Å². The highest BCUT2D eigenvalue weighted by Gasteiger charge is 2.35. The molecule has 0 aliphatic carbocycles. The highest BCUT2D eigenvalue weighted by Crippen LogP contribution is 2.34. The fourth-order valence-corrected chi connectivity index (χ4v) is 3.59. The number of ether oxygens (including phenoxy) is 2. The van der Waals surface area contributed by atoms with Crippen LogP contribution in [-0.4, -0.2) is 31.8 Å². The Bertz CT molecular complexity index is 772. The van der Waals surface area contributed by atoms with Crippen LogP contribution in [0, 0.1) is 6.92 Å². The van der Waals surface area contributed by atoms with Crippen molar-refractivity contribution in [3.8, 4) is 5.75 Å². The highest BCUT2D eigenvalue weighted by atomic mass is 35.5. The monoisotopic (exact) mass is 387 g/mol. The summed E-state index contributed by atoms with van der Waals surface area (Å²) in [5.41, 5.74) is 2.08. The summed E-state index contributed by atoms with van der Waals surface area (Å²) in [6, 6.07) is 15.8. The van der Waals surface area contributed by atoms with Crippen molar-refractivity contribution in [3.05, 3.63) is 64.7 Å². The highest BCUT2D eigenvalue weighted by molar-refractivity contribution is 6.31. The molecule has 2 aromatic rings. The predicted molar refractivity (Wildman–Crippen MR) is 107 cm³/mol. The van der Waals surface area contributed by atoms with Crippen molar-refractivity contribution < 1.29 is 14.3 Å². The molecule has 1 saturated heterocycles. The van der Waals surface area contributed by atoms with Crippen LogP contribution >= 0.6 is 11.6 Å². The SMILES string of the molecule is Cc1cc(O[C@H](C)C(=O)NCC2(c3ccccc3)CCOCC2)ccc1Cl. The van der Waals surface area contributed by atoms with Crippen LogP contribution in [0.3, 0.4) is 0 Å². The Morgan fingerprint density at radius 3 is 2.59 bits per heavy atom. The number of benzene rings is 2. The summed E-state index contributed by atoms with van der Waals surface area (Å²) in [6.07, 6.45) is 1.20. The summed E-state index contributed by atoms with van der Waals surface area (Å²) in [5, 5.41) is 3.78. The maximum absolute atomic E-state index is 12.6. The Morgan fingerprint density at radius 1 is 1.22 bits per heavy atom. The van der Waals surface area contributed by atoms with Crippen molar-refractivity contribution in [2.75, 3.05) is 19.8 Å². The van der Waals surface area contributed by atoms with Crippen molar-refractivity contribution in [1.82, 2.24) is 5.32 Å². The van der Waals surface area contributed by atoms with E-state index in [2.05, 4.69) is 17.4 Å². The Hall–Kier alpha value is -2.04. The zero-order valence-electron chi connectivity index (χ0n) is 15.8. The van der Waals surface area contributed by atoms with Crippen LogP contribution < -0.4 is 10.1 Å². The van der Waals surface area contributed by atoms with Gasteiger partial charge in [0.2, 0.25) is 0 Å². The number of hydrogen-bond acceptors (Lipinski definition) is 3. The van der Waals surface area contributed by atoms with Crippen LogP contribution in [-0.2, 0) is 14.9 Å². The third-order valence-corrected chi connectivity index (χ3v) is 5.67. The molecule has 1 aliphatic heterocycles. The first-order valence-corrected chi connectivity index (χ1v) is 9.72. The molecule has 0 radical (unpaired) electrons. The molecule has 1 N–H and O–H groups in total. The normalized spacial score (nSPS) is 17.1. The zero-order valence-corrected chi connectivity index (χ0v) is 16.6. The topological polar surface area (TPSA) is 47.6 Å². The number of carbonyl (C=O) groups excluding carboxylic acids is 1. The zero-order chi connectivity index (χ0) is 19.3. The Labute approximate surface area is 165 Å². The van der Waals surface area contributed by atoms with Gasteiger partial charge in [-0.15, -0.1) is 0 Å². The maximum atomic E-state index is 12.6. The molecule has 4 nitrogen and oxygen atoms in total. The third kappa shape index (κ3) is 4.82. The van der Waals surface area contributed by atoms with Gasteiger partial charge in [0, 0.05) is 30.2 Å². The van der Waals surface area contributed by atoms with Crippen LogP contribution in [0.15, 0.2) is 48.5 Å². The standard InChI is InChI=1S/C22H26ClNO3/c1-16-14-19(8-9-20(16)23)27-17(2)21(25)24-15-22(10-12-26-13-11-22)18-6-4-3-5-7-18/h3-9,14,17H,10-13,15H2,1-2H3,(H,24,25)/t17-/m1/s1. The first-order chi connectivity index (χ1) is 13.0. The molecule has 1 aliphatic rings. The van der Waals surface area contributed by atoms with Gasteiger partial charge in [-0.2, -0.15) is 0 Å². The van der Waals surface area contributed by atoms with Gasteiger partial charge in [0.25, 0.3) is 5.91 Å². The van der Waals surface area contributed by atoms with E-state index in [-0.39, 0.29) is 11.3 Å². The van der Waals surface area contributed by atoms with E-state index < -0.39 is 6.10 Å². The number of carbonyl (C=O) groups is 1. The first kappa shape index (κ1) is 19.7. The van der Waals surface area contributed by atoms with Crippen molar-refractivity contribution in [2.24, 2.45) is 0 Å². The molecular formula is C22H26ClNO3. The maximum Gasteiger partial charge on any atom is 0.260 e. The molecule has 1 heterocycles. The lowest BCUT2D eigenvalue weighted by molar-refractivity contribution is -0.127. The van der Waals surface area contributed by atoms with Gasteiger partial charge in [-0.3, -0.25) is 4.79 Å². The second-order valence-electron chi connectivity index (χ2n) is 7.15. The molecule has 1 fully saturated rings. The summed E-state index contributed by atoms with van der Waals surface area (Å²) in [6.45, 7) is 5.67. The van der Waals surface area contributed by atoms with E-state index in [4.69, 9.17) is 21.1 Å². The van der Waals surface area contributed by atoms with Crippen molar-refractivity contribution in [2.45, 2.75) is 38.2 Å². The van der Waals surface area contributed by atoms with Gasteiger partial charge >= 0.3 is 0 Å². The number of nitrogens with one attached hydrogen (secondary N) is 1. The Morgan fingerprint density at radius 2 is 1.93 bits per heavy atom.